The fraction of sp³-hybridized carbons (Fsp3) is 0.409. The van der Waals surface area contributed by atoms with Gasteiger partial charge in [-0.1, -0.05) is 78.7 Å². The number of rotatable bonds is 7. The summed E-state index contributed by atoms with van der Waals surface area (Å²) in [6.07, 6.45) is 3.95. The lowest BCUT2D eigenvalue weighted by atomic mass is 10.0. The normalized spacial score (nSPS) is 19.6. The number of aryl methyl sites for hydroxylation is 1. The third-order valence-electron chi connectivity index (χ3n) is 4.82. The zero-order valence-corrected chi connectivity index (χ0v) is 15.5. The van der Waals surface area contributed by atoms with Crippen LogP contribution in [0.2, 0.25) is 0 Å². The van der Waals surface area contributed by atoms with E-state index in [1.807, 2.05) is 0 Å². The Balaban J connectivity index is 1.77. The van der Waals surface area contributed by atoms with Gasteiger partial charge in [0.1, 0.15) is 0 Å². The zero-order chi connectivity index (χ0) is 17.7. The predicted octanol–water partition coefficient (Wildman–Crippen LogP) is 4.94. The Morgan fingerprint density at radius 2 is 1.72 bits per heavy atom. The van der Waals surface area contributed by atoms with E-state index in [-0.39, 0.29) is 0 Å². The molecule has 0 N–H and O–H groups in total. The molecule has 1 heterocycles. The molecule has 0 saturated heterocycles. The number of hydrogen-bond donors (Lipinski definition) is 0. The van der Waals surface area contributed by atoms with Crippen molar-refractivity contribution in [3.05, 3.63) is 71.3 Å². The molecule has 3 nitrogen and oxygen atoms in total. The van der Waals surface area contributed by atoms with Crippen LogP contribution in [0, 0.1) is 6.92 Å². The van der Waals surface area contributed by atoms with Crippen LogP contribution in [-0.2, 0) is 17.7 Å². The van der Waals surface area contributed by atoms with Gasteiger partial charge >= 0.3 is 0 Å². The molecule has 0 amide bonds. The Labute approximate surface area is 151 Å². The molecule has 0 saturated carbocycles. The number of amidine groups is 1. The molecule has 25 heavy (non-hydrogen) atoms. The number of oxime groups is 1. The van der Waals surface area contributed by atoms with Gasteiger partial charge in [-0.05, 0) is 31.4 Å². The molecule has 0 radical (unpaired) electrons. The Morgan fingerprint density at radius 1 is 1.00 bits per heavy atom. The summed E-state index contributed by atoms with van der Waals surface area (Å²) in [6.45, 7) is 7.47. The van der Waals surface area contributed by atoms with Crippen LogP contribution in [0.5, 0.6) is 0 Å². The molecule has 132 valence electrons. The monoisotopic (exact) mass is 336 g/mol. The molecule has 1 aliphatic heterocycles. The van der Waals surface area contributed by atoms with Gasteiger partial charge in [-0.2, -0.15) is 0 Å². The summed E-state index contributed by atoms with van der Waals surface area (Å²) < 4.78 is 0. The maximum atomic E-state index is 5.98. The Kier molecular flexibility index (Phi) is 5.42. The summed E-state index contributed by atoms with van der Waals surface area (Å²) in [6, 6.07) is 19.2. The first-order chi connectivity index (χ1) is 12.1. The first kappa shape index (κ1) is 17.5. The second-order valence-electron chi connectivity index (χ2n) is 7.10. The molecular formula is C22H28N2O. The van der Waals surface area contributed by atoms with Gasteiger partial charge in [0.25, 0.3) is 0 Å². The highest BCUT2D eigenvalue weighted by atomic mass is 16.7. The average molecular weight is 336 g/mol. The summed E-state index contributed by atoms with van der Waals surface area (Å²) in [7, 11) is 0. The minimum absolute atomic E-state index is 0.406. The van der Waals surface area contributed by atoms with E-state index in [4.69, 9.17) is 4.84 Å². The van der Waals surface area contributed by atoms with Crippen LogP contribution in [0.15, 0.2) is 59.8 Å². The summed E-state index contributed by atoms with van der Waals surface area (Å²) in [5.41, 5.74) is 3.43. The van der Waals surface area contributed by atoms with E-state index in [0.717, 1.165) is 38.1 Å². The van der Waals surface area contributed by atoms with Crippen molar-refractivity contribution in [1.82, 2.24) is 4.90 Å². The van der Waals surface area contributed by atoms with Crippen LogP contribution < -0.4 is 0 Å². The fourth-order valence-corrected chi connectivity index (χ4v) is 3.32. The quantitative estimate of drug-likeness (QED) is 0.715. The molecule has 0 aliphatic carbocycles. The van der Waals surface area contributed by atoms with Crippen molar-refractivity contribution in [3.63, 3.8) is 0 Å². The highest BCUT2D eigenvalue weighted by Gasteiger charge is 2.41. The number of unbranched alkanes of at least 4 members (excludes halogenated alkanes) is 1. The van der Waals surface area contributed by atoms with Gasteiger partial charge in [-0.3, -0.25) is 0 Å². The highest BCUT2D eigenvalue weighted by molar-refractivity contribution is 5.85. The molecule has 0 spiro atoms. The summed E-state index contributed by atoms with van der Waals surface area (Å²) in [5, 5.41) is 4.48. The van der Waals surface area contributed by atoms with Gasteiger partial charge in [-0.15, -0.1) is 0 Å². The van der Waals surface area contributed by atoms with Crippen LogP contribution in [0.1, 0.15) is 43.4 Å². The molecule has 0 fully saturated rings. The molecule has 1 unspecified atom stereocenters. The summed E-state index contributed by atoms with van der Waals surface area (Å²) >= 11 is 0. The standard InChI is InChI=1S/C22H28N2O/c1-4-5-15-24-21(16-19-13-11-18(2)12-14-19)23-25-22(24,3)17-20-9-7-6-8-10-20/h6-14H,4-5,15-17H2,1-3H3. The first-order valence-electron chi connectivity index (χ1n) is 9.23. The Morgan fingerprint density at radius 3 is 2.40 bits per heavy atom. The van der Waals surface area contributed by atoms with Crippen molar-refractivity contribution in [1.29, 1.82) is 0 Å². The van der Waals surface area contributed by atoms with Crippen LogP contribution in [-0.4, -0.2) is 23.0 Å². The first-order valence-corrected chi connectivity index (χ1v) is 9.23. The SMILES string of the molecule is CCCCN1C(Cc2ccc(C)cc2)=NOC1(C)Cc1ccccc1. The maximum Gasteiger partial charge on any atom is 0.212 e. The fourth-order valence-electron chi connectivity index (χ4n) is 3.32. The van der Waals surface area contributed by atoms with E-state index in [9.17, 15) is 0 Å². The van der Waals surface area contributed by atoms with E-state index in [0.29, 0.717) is 0 Å². The van der Waals surface area contributed by atoms with Crippen LogP contribution in [0.25, 0.3) is 0 Å². The molecule has 3 heteroatoms. The second-order valence-corrected chi connectivity index (χ2v) is 7.10. The van der Waals surface area contributed by atoms with Crippen LogP contribution in [0.3, 0.4) is 0 Å². The van der Waals surface area contributed by atoms with Gasteiger partial charge in [0.05, 0.1) is 0 Å². The van der Waals surface area contributed by atoms with Crippen molar-refractivity contribution in [3.8, 4) is 0 Å². The number of benzene rings is 2. The lowest BCUT2D eigenvalue weighted by Gasteiger charge is -2.34. The average Bonchev–Trinajstić information content (AvgIpc) is 2.91. The van der Waals surface area contributed by atoms with Gasteiger partial charge in [0.15, 0.2) is 5.84 Å². The minimum Gasteiger partial charge on any atom is -0.365 e. The maximum absolute atomic E-state index is 5.98. The van der Waals surface area contributed by atoms with Crippen molar-refractivity contribution in [2.75, 3.05) is 6.54 Å². The van der Waals surface area contributed by atoms with Crippen molar-refractivity contribution >= 4 is 5.84 Å². The molecule has 1 aliphatic rings. The predicted molar refractivity (Wildman–Crippen MR) is 104 cm³/mol. The summed E-state index contributed by atoms with van der Waals surface area (Å²) in [4.78, 5) is 8.34. The van der Waals surface area contributed by atoms with E-state index >= 15 is 0 Å². The topological polar surface area (TPSA) is 24.8 Å². The van der Waals surface area contributed by atoms with Crippen molar-refractivity contribution in [2.24, 2.45) is 5.16 Å². The number of hydrogen-bond acceptors (Lipinski definition) is 3. The number of nitrogens with zero attached hydrogens (tertiary/aromatic N) is 2. The molecule has 3 rings (SSSR count). The Hall–Kier alpha value is -2.29. The highest BCUT2D eigenvalue weighted by Crippen LogP contribution is 2.30. The van der Waals surface area contributed by atoms with Crippen molar-refractivity contribution < 1.29 is 4.84 Å². The molecule has 0 bridgehead atoms. The molecule has 2 aromatic rings. The van der Waals surface area contributed by atoms with Gasteiger partial charge < -0.3 is 9.74 Å². The van der Waals surface area contributed by atoms with Gasteiger partial charge in [-0.25, -0.2) is 0 Å². The van der Waals surface area contributed by atoms with E-state index in [2.05, 4.69) is 85.4 Å². The zero-order valence-electron chi connectivity index (χ0n) is 15.5. The minimum atomic E-state index is -0.406. The lowest BCUT2D eigenvalue weighted by molar-refractivity contribution is -0.0835. The molecule has 2 aromatic carbocycles. The smallest absolute Gasteiger partial charge is 0.212 e. The Bertz CT molecular complexity index is 709. The van der Waals surface area contributed by atoms with Crippen LogP contribution in [0.4, 0.5) is 0 Å². The van der Waals surface area contributed by atoms with Crippen molar-refractivity contribution in [2.45, 2.75) is 52.2 Å². The second kappa shape index (κ2) is 7.73. The summed E-state index contributed by atoms with van der Waals surface area (Å²) in [5.74, 6) is 1.04. The van der Waals surface area contributed by atoms with Gasteiger partial charge in [0.2, 0.25) is 5.72 Å². The molecule has 0 aromatic heterocycles. The molecular weight excluding hydrogens is 308 g/mol. The third kappa shape index (κ3) is 4.22. The van der Waals surface area contributed by atoms with E-state index < -0.39 is 5.72 Å². The van der Waals surface area contributed by atoms with E-state index in [1.165, 1.54) is 16.7 Å². The van der Waals surface area contributed by atoms with Gasteiger partial charge in [0, 0.05) is 19.4 Å². The largest absolute Gasteiger partial charge is 0.365 e. The lowest BCUT2D eigenvalue weighted by Crippen LogP contribution is -2.48. The van der Waals surface area contributed by atoms with E-state index in [1.54, 1.807) is 0 Å². The molecule has 1 atom stereocenters. The van der Waals surface area contributed by atoms with Crippen LogP contribution >= 0.6 is 0 Å². The third-order valence-corrected chi connectivity index (χ3v) is 4.82.